The summed E-state index contributed by atoms with van der Waals surface area (Å²) < 4.78 is 13.6. The average Bonchev–Trinajstić information content (AvgIpc) is 2.62. The Morgan fingerprint density at radius 2 is 1.75 bits per heavy atom. The first-order chi connectivity index (χ1) is 11.8. The number of aryl methyl sites for hydroxylation is 1. The Morgan fingerprint density at radius 1 is 0.958 bits per heavy atom. The molecule has 0 amide bonds. The summed E-state index contributed by atoms with van der Waals surface area (Å²) in [4.78, 5) is 4.29. The van der Waals surface area contributed by atoms with Crippen LogP contribution in [-0.2, 0) is 6.42 Å². The lowest BCUT2D eigenvalue weighted by atomic mass is 10.1. The fraction of sp³-hybridized carbons (Fsp3) is 0.167. The van der Waals surface area contributed by atoms with E-state index >= 15 is 0 Å². The maximum absolute atomic E-state index is 13.6. The highest BCUT2D eigenvalue weighted by atomic mass is 19.1. The van der Waals surface area contributed by atoms with Gasteiger partial charge in [-0.05, 0) is 30.5 Å². The van der Waals surface area contributed by atoms with E-state index in [4.69, 9.17) is 0 Å². The lowest BCUT2D eigenvalue weighted by Crippen LogP contribution is -2.08. The van der Waals surface area contributed by atoms with Crippen LogP contribution in [0.2, 0.25) is 0 Å². The molecule has 3 aromatic rings. The third-order valence-corrected chi connectivity index (χ3v) is 3.46. The van der Waals surface area contributed by atoms with Crippen LogP contribution in [0.3, 0.4) is 0 Å². The van der Waals surface area contributed by atoms with Crippen LogP contribution in [0.1, 0.15) is 12.0 Å². The van der Waals surface area contributed by atoms with Gasteiger partial charge in [-0.15, -0.1) is 5.10 Å². The van der Waals surface area contributed by atoms with Gasteiger partial charge >= 0.3 is 0 Å². The van der Waals surface area contributed by atoms with Gasteiger partial charge in [0.15, 0.2) is 5.82 Å². The first-order valence-electron chi connectivity index (χ1n) is 7.80. The number of rotatable bonds is 7. The standard InChI is InChI=1S/C18H18FN5/c19-15-10-4-5-11-16(15)22-17-13-21-24-18(23-17)20-12-6-9-14-7-2-1-3-8-14/h1-5,7-8,10-11,13H,6,9,12H2,(H2,20,22,23,24). The smallest absolute Gasteiger partial charge is 0.244 e. The normalized spacial score (nSPS) is 10.4. The minimum Gasteiger partial charge on any atom is -0.353 e. The second kappa shape index (κ2) is 8.01. The van der Waals surface area contributed by atoms with Gasteiger partial charge in [0.25, 0.3) is 0 Å². The Kier molecular flexibility index (Phi) is 5.29. The molecule has 0 saturated carbocycles. The number of hydrogen-bond donors (Lipinski definition) is 2. The molecule has 0 aliphatic heterocycles. The van der Waals surface area contributed by atoms with Crippen LogP contribution in [0.25, 0.3) is 0 Å². The van der Waals surface area contributed by atoms with E-state index < -0.39 is 0 Å². The summed E-state index contributed by atoms with van der Waals surface area (Å²) in [6.07, 6.45) is 3.40. The number of nitrogens with one attached hydrogen (secondary N) is 2. The summed E-state index contributed by atoms with van der Waals surface area (Å²) in [5, 5.41) is 13.9. The Hall–Kier alpha value is -3.02. The van der Waals surface area contributed by atoms with E-state index in [1.54, 1.807) is 18.2 Å². The summed E-state index contributed by atoms with van der Waals surface area (Å²) in [5.74, 6) is 0.526. The Labute approximate surface area is 140 Å². The highest BCUT2D eigenvalue weighted by molar-refractivity contribution is 5.56. The van der Waals surface area contributed by atoms with Gasteiger partial charge in [-0.3, -0.25) is 0 Å². The maximum Gasteiger partial charge on any atom is 0.244 e. The zero-order valence-electron chi connectivity index (χ0n) is 13.1. The van der Waals surface area contributed by atoms with E-state index in [2.05, 4.69) is 37.9 Å². The van der Waals surface area contributed by atoms with E-state index in [9.17, 15) is 4.39 Å². The Bertz CT molecular complexity index is 779. The van der Waals surface area contributed by atoms with Crippen molar-refractivity contribution < 1.29 is 4.39 Å². The topological polar surface area (TPSA) is 62.7 Å². The van der Waals surface area contributed by atoms with E-state index in [0.29, 0.717) is 17.5 Å². The van der Waals surface area contributed by atoms with Gasteiger partial charge in [0.1, 0.15) is 5.82 Å². The van der Waals surface area contributed by atoms with Crippen LogP contribution in [0, 0.1) is 5.82 Å². The number of halogens is 1. The molecule has 0 aliphatic rings. The molecular weight excluding hydrogens is 305 g/mol. The Morgan fingerprint density at radius 3 is 2.58 bits per heavy atom. The van der Waals surface area contributed by atoms with Gasteiger partial charge in [0, 0.05) is 6.54 Å². The number of nitrogens with zero attached hydrogens (tertiary/aromatic N) is 3. The number of para-hydroxylation sites is 1. The van der Waals surface area contributed by atoms with Crippen molar-refractivity contribution in [1.82, 2.24) is 15.2 Å². The molecule has 122 valence electrons. The quantitative estimate of drug-likeness (QED) is 0.648. The van der Waals surface area contributed by atoms with E-state index in [0.717, 1.165) is 19.4 Å². The molecule has 2 aromatic carbocycles. The molecule has 2 N–H and O–H groups in total. The number of hydrogen-bond acceptors (Lipinski definition) is 5. The van der Waals surface area contributed by atoms with Crippen LogP contribution in [-0.4, -0.2) is 21.7 Å². The van der Waals surface area contributed by atoms with Crippen molar-refractivity contribution in [3.05, 3.63) is 72.2 Å². The zero-order valence-corrected chi connectivity index (χ0v) is 13.1. The molecule has 5 nitrogen and oxygen atoms in total. The summed E-state index contributed by atoms with van der Waals surface area (Å²) in [6.45, 7) is 0.736. The molecule has 0 bridgehead atoms. The van der Waals surface area contributed by atoms with Crippen molar-refractivity contribution in [1.29, 1.82) is 0 Å². The average molecular weight is 323 g/mol. The van der Waals surface area contributed by atoms with Crippen LogP contribution >= 0.6 is 0 Å². The molecule has 1 heterocycles. The second-order valence-corrected chi connectivity index (χ2v) is 5.29. The number of anilines is 3. The fourth-order valence-electron chi connectivity index (χ4n) is 2.28. The molecular formula is C18H18FN5. The van der Waals surface area contributed by atoms with Crippen molar-refractivity contribution in [2.24, 2.45) is 0 Å². The van der Waals surface area contributed by atoms with Gasteiger partial charge < -0.3 is 10.6 Å². The molecule has 0 aliphatic carbocycles. The molecule has 0 atom stereocenters. The first-order valence-corrected chi connectivity index (χ1v) is 7.80. The molecule has 6 heteroatoms. The fourth-order valence-corrected chi connectivity index (χ4v) is 2.28. The maximum atomic E-state index is 13.6. The minimum absolute atomic E-state index is 0.339. The van der Waals surface area contributed by atoms with Crippen molar-refractivity contribution >= 4 is 17.5 Å². The monoisotopic (exact) mass is 323 g/mol. The van der Waals surface area contributed by atoms with Gasteiger partial charge in [-0.2, -0.15) is 10.1 Å². The first kappa shape index (κ1) is 15.9. The van der Waals surface area contributed by atoms with E-state index in [1.165, 1.54) is 17.8 Å². The van der Waals surface area contributed by atoms with E-state index in [1.807, 2.05) is 18.2 Å². The van der Waals surface area contributed by atoms with E-state index in [-0.39, 0.29) is 5.82 Å². The van der Waals surface area contributed by atoms with Gasteiger partial charge in [-0.1, -0.05) is 42.5 Å². The van der Waals surface area contributed by atoms with Crippen molar-refractivity contribution in [3.63, 3.8) is 0 Å². The van der Waals surface area contributed by atoms with Crippen LogP contribution in [0.5, 0.6) is 0 Å². The predicted molar refractivity (Wildman–Crippen MR) is 92.8 cm³/mol. The lowest BCUT2D eigenvalue weighted by molar-refractivity contribution is 0.631. The lowest BCUT2D eigenvalue weighted by Gasteiger charge is -2.08. The molecule has 24 heavy (non-hydrogen) atoms. The highest BCUT2D eigenvalue weighted by Crippen LogP contribution is 2.17. The summed E-state index contributed by atoms with van der Waals surface area (Å²) in [5.41, 5.74) is 1.65. The Balaban J connectivity index is 1.53. The summed E-state index contributed by atoms with van der Waals surface area (Å²) in [7, 11) is 0. The molecule has 0 radical (unpaired) electrons. The third-order valence-electron chi connectivity index (χ3n) is 3.46. The van der Waals surface area contributed by atoms with Gasteiger partial charge in [-0.25, -0.2) is 4.39 Å². The molecule has 0 fully saturated rings. The highest BCUT2D eigenvalue weighted by Gasteiger charge is 2.04. The van der Waals surface area contributed by atoms with Crippen molar-refractivity contribution in [2.75, 3.05) is 17.2 Å². The van der Waals surface area contributed by atoms with Crippen molar-refractivity contribution in [3.8, 4) is 0 Å². The van der Waals surface area contributed by atoms with Gasteiger partial charge in [0.2, 0.25) is 5.95 Å². The van der Waals surface area contributed by atoms with Crippen molar-refractivity contribution in [2.45, 2.75) is 12.8 Å². The summed E-state index contributed by atoms with van der Waals surface area (Å²) in [6, 6.07) is 16.7. The number of benzene rings is 2. The van der Waals surface area contributed by atoms with Gasteiger partial charge in [0.05, 0.1) is 11.9 Å². The van der Waals surface area contributed by atoms with Crippen LogP contribution in [0.15, 0.2) is 60.8 Å². The SMILES string of the molecule is Fc1ccccc1Nc1cnnc(NCCCc2ccccc2)n1. The molecule has 0 saturated heterocycles. The van der Waals surface area contributed by atoms with Crippen LogP contribution in [0.4, 0.5) is 21.8 Å². The second-order valence-electron chi connectivity index (χ2n) is 5.29. The minimum atomic E-state index is -0.339. The molecule has 3 rings (SSSR count). The molecule has 0 unspecified atom stereocenters. The van der Waals surface area contributed by atoms with Crippen LogP contribution < -0.4 is 10.6 Å². The third kappa shape index (κ3) is 4.49. The predicted octanol–water partition coefficient (Wildman–Crippen LogP) is 3.80. The molecule has 0 spiro atoms. The number of aromatic nitrogens is 3. The summed E-state index contributed by atoms with van der Waals surface area (Å²) >= 11 is 0. The zero-order chi connectivity index (χ0) is 16.6. The largest absolute Gasteiger partial charge is 0.353 e. The molecule has 1 aromatic heterocycles.